The number of carbonyl (C=O) groups excluding carboxylic acids is 1. The zero-order chi connectivity index (χ0) is 15.3. The van der Waals surface area contributed by atoms with Gasteiger partial charge in [-0.15, -0.1) is 0 Å². The van der Waals surface area contributed by atoms with Crippen molar-refractivity contribution in [3.63, 3.8) is 0 Å². The number of carbonyl (C=O) groups is 1. The van der Waals surface area contributed by atoms with E-state index in [2.05, 4.69) is 5.32 Å². The number of rotatable bonds is 3. The van der Waals surface area contributed by atoms with Gasteiger partial charge in [-0.05, 0) is 25.7 Å². The number of nitrogens with one attached hydrogen (secondary N) is 1. The second-order valence-electron chi connectivity index (χ2n) is 6.65. The Bertz CT molecular complexity index is 378. The maximum Gasteiger partial charge on any atom is 0.233 e. The Balaban J connectivity index is 2.09. The summed E-state index contributed by atoms with van der Waals surface area (Å²) in [4.78, 5) is 13.2. The average molecular weight is 312 g/mol. The third kappa shape index (κ3) is 3.95. The van der Waals surface area contributed by atoms with Gasteiger partial charge in [0, 0.05) is 0 Å². The first kappa shape index (κ1) is 16.7. The first-order chi connectivity index (χ1) is 10.1. The highest BCUT2D eigenvalue weighted by Gasteiger charge is 2.42. The molecule has 120 valence electrons. The Morgan fingerprint density at radius 3 is 2.24 bits per heavy atom. The number of thiocarbonyl (C=S) groups is 1. The van der Waals surface area contributed by atoms with Crippen molar-refractivity contribution in [1.82, 2.24) is 5.32 Å². The van der Waals surface area contributed by atoms with Crippen LogP contribution in [0.15, 0.2) is 0 Å². The molecule has 0 radical (unpaired) electrons. The number of hydrogen-bond donors (Lipinski definition) is 3. The number of aliphatic hydroxyl groups excluding tert-OH is 1. The Kier molecular flexibility index (Phi) is 5.99. The van der Waals surface area contributed by atoms with Gasteiger partial charge < -0.3 is 16.2 Å². The van der Waals surface area contributed by atoms with Crippen LogP contribution in [0.5, 0.6) is 0 Å². The van der Waals surface area contributed by atoms with E-state index in [0.717, 1.165) is 70.6 Å². The second kappa shape index (κ2) is 7.54. The predicted octanol–water partition coefficient (Wildman–Crippen LogP) is 2.42. The summed E-state index contributed by atoms with van der Waals surface area (Å²) < 4.78 is 0. The molecule has 0 aromatic heterocycles. The molecule has 0 bridgehead atoms. The Labute approximate surface area is 132 Å². The van der Waals surface area contributed by atoms with E-state index in [1.54, 1.807) is 0 Å². The zero-order valence-electron chi connectivity index (χ0n) is 12.8. The molecule has 2 aliphatic carbocycles. The average Bonchev–Trinajstić information content (AvgIpc) is 2.81. The van der Waals surface area contributed by atoms with Gasteiger partial charge >= 0.3 is 0 Å². The normalized spacial score (nSPS) is 30.0. The van der Waals surface area contributed by atoms with Gasteiger partial charge in [0.2, 0.25) is 5.91 Å². The molecular weight excluding hydrogens is 284 g/mol. The van der Waals surface area contributed by atoms with Crippen molar-refractivity contribution in [2.75, 3.05) is 0 Å². The summed E-state index contributed by atoms with van der Waals surface area (Å²) in [7, 11) is 0. The van der Waals surface area contributed by atoms with Crippen molar-refractivity contribution in [3.8, 4) is 0 Å². The summed E-state index contributed by atoms with van der Waals surface area (Å²) in [6, 6.07) is -0.144. The van der Waals surface area contributed by atoms with E-state index in [1.165, 1.54) is 0 Å². The van der Waals surface area contributed by atoms with E-state index in [4.69, 9.17) is 18.0 Å². The maximum atomic E-state index is 12.9. The van der Waals surface area contributed by atoms with E-state index < -0.39 is 11.5 Å². The van der Waals surface area contributed by atoms with E-state index in [0.29, 0.717) is 4.99 Å². The number of amides is 1. The molecule has 2 aliphatic rings. The van der Waals surface area contributed by atoms with Crippen LogP contribution in [0.2, 0.25) is 0 Å². The summed E-state index contributed by atoms with van der Waals surface area (Å²) in [5, 5.41) is 13.3. The largest absolute Gasteiger partial charge is 0.392 e. The molecule has 4 N–H and O–H groups in total. The fourth-order valence-electron chi connectivity index (χ4n) is 3.68. The van der Waals surface area contributed by atoms with Crippen LogP contribution < -0.4 is 11.1 Å². The molecule has 2 rings (SSSR count). The smallest absolute Gasteiger partial charge is 0.233 e. The van der Waals surface area contributed by atoms with Crippen LogP contribution in [0.3, 0.4) is 0 Å². The van der Waals surface area contributed by atoms with Gasteiger partial charge in [-0.25, -0.2) is 0 Å². The molecule has 4 nitrogen and oxygen atoms in total. The minimum atomic E-state index is -0.697. The lowest BCUT2D eigenvalue weighted by atomic mass is 9.79. The van der Waals surface area contributed by atoms with Crippen LogP contribution in [-0.4, -0.2) is 28.1 Å². The molecule has 2 unspecified atom stereocenters. The highest BCUT2D eigenvalue weighted by atomic mass is 32.1. The van der Waals surface area contributed by atoms with Gasteiger partial charge in [0.15, 0.2) is 0 Å². The van der Waals surface area contributed by atoms with Crippen LogP contribution >= 0.6 is 12.2 Å². The molecule has 0 heterocycles. The third-order valence-corrected chi connectivity index (χ3v) is 5.55. The first-order valence-electron chi connectivity index (χ1n) is 8.35. The summed E-state index contributed by atoms with van der Waals surface area (Å²) in [6.45, 7) is 0. The molecule has 1 amide bonds. The third-order valence-electron chi connectivity index (χ3n) is 5.16. The molecule has 0 spiro atoms. The molecule has 2 saturated carbocycles. The Hall–Kier alpha value is -0.680. The van der Waals surface area contributed by atoms with Crippen molar-refractivity contribution in [3.05, 3.63) is 0 Å². The van der Waals surface area contributed by atoms with Crippen LogP contribution in [-0.2, 0) is 4.79 Å². The standard InChI is InChI=1S/C16H28N2O2S/c17-14(21)16(10-6-1-2-7-11-16)15(20)18-12-8-4-3-5-9-13(12)19/h12-13,19H,1-11H2,(H2,17,21)(H,18,20). The van der Waals surface area contributed by atoms with Crippen molar-refractivity contribution in [1.29, 1.82) is 0 Å². The molecule has 0 aromatic rings. The van der Waals surface area contributed by atoms with Crippen molar-refractivity contribution in [2.45, 2.75) is 82.8 Å². The van der Waals surface area contributed by atoms with Gasteiger partial charge in [0.05, 0.1) is 22.5 Å². The van der Waals surface area contributed by atoms with E-state index in [1.807, 2.05) is 0 Å². The summed E-state index contributed by atoms with van der Waals surface area (Å²) in [5.41, 5.74) is 5.25. The molecule has 0 aliphatic heterocycles. The Morgan fingerprint density at radius 2 is 1.62 bits per heavy atom. The molecule has 2 fully saturated rings. The minimum Gasteiger partial charge on any atom is -0.392 e. The number of hydrogen-bond acceptors (Lipinski definition) is 3. The monoisotopic (exact) mass is 312 g/mol. The molecule has 2 atom stereocenters. The van der Waals surface area contributed by atoms with Gasteiger partial charge in [0.25, 0.3) is 0 Å². The van der Waals surface area contributed by atoms with Crippen LogP contribution in [0.4, 0.5) is 0 Å². The maximum absolute atomic E-state index is 12.9. The molecule has 5 heteroatoms. The molecular formula is C16H28N2O2S. The zero-order valence-corrected chi connectivity index (χ0v) is 13.6. The lowest BCUT2D eigenvalue weighted by molar-refractivity contribution is -0.129. The van der Waals surface area contributed by atoms with Crippen molar-refractivity contribution < 1.29 is 9.90 Å². The van der Waals surface area contributed by atoms with Gasteiger partial charge in [0.1, 0.15) is 0 Å². The highest BCUT2D eigenvalue weighted by molar-refractivity contribution is 7.80. The summed E-state index contributed by atoms with van der Waals surface area (Å²) in [6.07, 6.45) is 10.2. The topological polar surface area (TPSA) is 75.4 Å². The van der Waals surface area contributed by atoms with E-state index in [9.17, 15) is 9.90 Å². The SMILES string of the molecule is NC(=S)C1(C(=O)NC2CCCCCC2O)CCCCCC1. The predicted molar refractivity (Wildman–Crippen MR) is 87.9 cm³/mol. The highest BCUT2D eigenvalue weighted by Crippen LogP contribution is 2.36. The lowest BCUT2D eigenvalue weighted by Gasteiger charge is -2.33. The summed E-state index contributed by atoms with van der Waals surface area (Å²) >= 11 is 5.24. The van der Waals surface area contributed by atoms with Gasteiger partial charge in [-0.1, -0.05) is 57.2 Å². The van der Waals surface area contributed by atoms with Crippen LogP contribution in [0.25, 0.3) is 0 Å². The number of nitrogens with two attached hydrogens (primary N) is 1. The minimum absolute atomic E-state index is 0.0529. The van der Waals surface area contributed by atoms with Crippen molar-refractivity contribution >= 4 is 23.1 Å². The van der Waals surface area contributed by atoms with Crippen LogP contribution in [0.1, 0.15) is 70.6 Å². The first-order valence-corrected chi connectivity index (χ1v) is 8.76. The summed E-state index contributed by atoms with van der Waals surface area (Å²) in [5.74, 6) is -0.0529. The molecule has 21 heavy (non-hydrogen) atoms. The van der Waals surface area contributed by atoms with E-state index >= 15 is 0 Å². The second-order valence-corrected chi connectivity index (χ2v) is 7.09. The van der Waals surface area contributed by atoms with Crippen LogP contribution in [0, 0.1) is 5.41 Å². The van der Waals surface area contributed by atoms with Crippen molar-refractivity contribution in [2.24, 2.45) is 11.1 Å². The molecule has 0 saturated heterocycles. The fraction of sp³-hybridized carbons (Fsp3) is 0.875. The number of aliphatic hydroxyl groups is 1. The quantitative estimate of drug-likeness (QED) is 0.552. The fourth-order valence-corrected chi connectivity index (χ4v) is 3.98. The molecule has 0 aromatic carbocycles. The van der Waals surface area contributed by atoms with Gasteiger partial charge in [-0.2, -0.15) is 0 Å². The lowest BCUT2D eigenvalue weighted by Crippen LogP contribution is -2.53. The van der Waals surface area contributed by atoms with E-state index in [-0.39, 0.29) is 11.9 Å². The Morgan fingerprint density at radius 1 is 1.05 bits per heavy atom. The van der Waals surface area contributed by atoms with Gasteiger partial charge in [-0.3, -0.25) is 4.79 Å².